The smallest absolute Gasteiger partial charge is 0.223 e. The van der Waals surface area contributed by atoms with E-state index in [9.17, 15) is 9.59 Å². The van der Waals surface area contributed by atoms with Crippen LogP contribution < -0.4 is 5.32 Å². The number of amides is 2. The van der Waals surface area contributed by atoms with E-state index in [2.05, 4.69) is 33.0 Å². The molecule has 1 heterocycles. The highest BCUT2D eigenvalue weighted by Crippen LogP contribution is 2.12. The first-order valence-electron chi connectivity index (χ1n) is 8.31. The summed E-state index contributed by atoms with van der Waals surface area (Å²) in [5.74, 6) is 0.222. The maximum Gasteiger partial charge on any atom is 0.223 e. The summed E-state index contributed by atoms with van der Waals surface area (Å²) in [5, 5.41) is 3.36. The van der Waals surface area contributed by atoms with Gasteiger partial charge in [0.05, 0.1) is 0 Å². The summed E-state index contributed by atoms with van der Waals surface area (Å²) in [6, 6.07) is 0.513. The van der Waals surface area contributed by atoms with E-state index >= 15 is 0 Å². The first kappa shape index (κ1) is 21.2. The summed E-state index contributed by atoms with van der Waals surface area (Å²) in [5.41, 5.74) is 0. The van der Waals surface area contributed by atoms with Crippen molar-refractivity contribution in [1.82, 2.24) is 15.1 Å². The molecule has 130 valence electrons. The Morgan fingerprint density at radius 2 is 1.73 bits per heavy atom. The number of hydrogen-bond donors (Lipinski definition) is 1. The van der Waals surface area contributed by atoms with Crippen LogP contribution >= 0.6 is 12.4 Å². The summed E-state index contributed by atoms with van der Waals surface area (Å²) < 4.78 is 0. The standard InChI is InChI=1S/C16H31N3O2.ClH/c1-5-10-18(11-6-2)15(20)7-8-16(21)19-12-9-17-13(3)14(19)4;/h13-14,17H,5-12H2,1-4H3;1H. The molecule has 0 radical (unpaired) electrons. The molecule has 1 aliphatic rings. The second-order valence-corrected chi connectivity index (χ2v) is 5.95. The van der Waals surface area contributed by atoms with Crippen LogP contribution in [0, 0.1) is 0 Å². The van der Waals surface area contributed by atoms with Crippen molar-refractivity contribution < 1.29 is 9.59 Å². The minimum atomic E-state index is 0. The molecule has 1 fully saturated rings. The molecule has 0 aromatic rings. The molecule has 0 aliphatic carbocycles. The zero-order chi connectivity index (χ0) is 15.8. The normalized spacial score (nSPS) is 21.2. The minimum Gasteiger partial charge on any atom is -0.343 e. The number of carbonyl (C=O) groups is 2. The highest BCUT2D eigenvalue weighted by Gasteiger charge is 2.28. The van der Waals surface area contributed by atoms with E-state index in [1.807, 2.05) is 9.80 Å². The average molecular weight is 334 g/mol. The Hall–Kier alpha value is -0.810. The van der Waals surface area contributed by atoms with Gasteiger partial charge in [0.2, 0.25) is 11.8 Å². The van der Waals surface area contributed by atoms with E-state index < -0.39 is 0 Å². The topological polar surface area (TPSA) is 52.7 Å². The second-order valence-electron chi connectivity index (χ2n) is 5.95. The van der Waals surface area contributed by atoms with Crippen molar-refractivity contribution >= 4 is 24.2 Å². The molecule has 2 atom stereocenters. The van der Waals surface area contributed by atoms with E-state index in [-0.39, 0.29) is 30.3 Å². The SMILES string of the molecule is CCCN(CCC)C(=O)CCC(=O)N1CCNC(C)C1C.Cl. The molecule has 5 nitrogen and oxygen atoms in total. The Labute approximate surface area is 141 Å². The van der Waals surface area contributed by atoms with Crippen molar-refractivity contribution in [2.24, 2.45) is 0 Å². The molecule has 6 heteroatoms. The molecule has 0 saturated carbocycles. The molecular weight excluding hydrogens is 302 g/mol. The number of rotatable bonds is 7. The van der Waals surface area contributed by atoms with Crippen molar-refractivity contribution in [3.05, 3.63) is 0 Å². The van der Waals surface area contributed by atoms with Gasteiger partial charge in [-0.2, -0.15) is 0 Å². The third kappa shape index (κ3) is 6.13. The van der Waals surface area contributed by atoms with E-state index in [0.717, 1.165) is 39.0 Å². The molecule has 0 spiro atoms. The number of piperazine rings is 1. The number of hydrogen-bond acceptors (Lipinski definition) is 3. The number of nitrogens with one attached hydrogen (secondary N) is 1. The van der Waals surface area contributed by atoms with Crippen molar-refractivity contribution in [2.45, 2.75) is 65.5 Å². The zero-order valence-corrected chi connectivity index (χ0v) is 15.2. The molecule has 0 aromatic heterocycles. The fraction of sp³-hybridized carbons (Fsp3) is 0.875. The lowest BCUT2D eigenvalue weighted by Gasteiger charge is -2.38. The van der Waals surface area contributed by atoms with Crippen molar-refractivity contribution in [3.8, 4) is 0 Å². The number of nitrogens with zero attached hydrogens (tertiary/aromatic N) is 2. The van der Waals surface area contributed by atoms with Gasteiger partial charge in [-0.15, -0.1) is 12.4 Å². The molecule has 0 bridgehead atoms. The van der Waals surface area contributed by atoms with Gasteiger partial charge in [-0.25, -0.2) is 0 Å². The van der Waals surface area contributed by atoms with Crippen LogP contribution in [0.25, 0.3) is 0 Å². The summed E-state index contributed by atoms with van der Waals surface area (Å²) in [4.78, 5) is 28.3. The lowest BCUT2D eigenvalue weighted by atomic mass is 10.1. The van der Waals surface area contributed by atoms with Crippen molar-refractivity contribution in [3.63, 3.8) is 0 Å². The molecule has 2 amide bonds. The average Bonchev–Trinajstić information content (AvgIpc) is 2.47. The molecule has 1 saturated heterocycles. The number of carbonyl (C=O) groups excluding carboxylic acids is 2. The zero-order valence-electron chi connectivity index (χ0n) is 14.4. The van der Waals surface area contributed by atoms with Gasteiger partial charge in [-0.05, 0) is 26.7 Å². The van der Waals surface area contributed by atoms with Gasteiger partial charge in [0.15, 0.2) is 0 Å². The Balaban J connectivity index is 0.00000441. The minimum absolute atomic E-state index is 0. The van der Waals surface area contributed by atoms with Crippen LogP contribution in [0.2, 0.25) is 0 Å². The predicted molar refractivity (Wildman–Crippen MR) is 92.3 cm³/mol. The third-order valence-electron chi connectivity index (χ3n) is 4.25. The molecule has 0 aromatic carbocycles. The predicted octanol–water partition coefficient (Wildman–Crippen LogP) is 2.05. The number of halogens is 1. The molecule has 22 heavy (non-hydrogen) atoms. The lowest BCUT2D eigenvalue weighted by Crippen LogP contribution is -2.57. The van der Waals surface area contributed by atoms with E-state index in [1.165, 1.54) is 0 Å². The Bertz CT molecular complexity index is 346. The second kappa shape index (κ2) is 10.8. The quantitative estimate of drug-likeness (QED) is 0.775. The Morgan fingerprint density at radius 3 is 2.27 bits per heavy atom. The molecular formula is C16H32ClN3O2. The van der Waals surface area contributed by atoms with E-state index in [4.69, 9.17) is 0 Å². The van der Waals surface area contributed by atoms with Crippen LogP contribution in [0.15, 0.2) is 0 Å². The highest BCUT2D eigenvalue weighted by molar-refractivity contribution is 5.85. The van der Waals surface area contributed by atoms with Crippen LogP contribution in [0.4, 0.5) is 0 Å². The largest absolute Gasteiger partial charge is 0.343 e. The Kier molecular flexibility index (Phi) is 10.4. The van der Waals surface area contributed by atoms with Gasteiger partial charge >= 0.3 is 0 Å². The van der Waals surface area contributed by atoms with E-state index in [0.29, 0.717) is 18.9 Å². The van der Waals surface area contributed by atoms with Crippen molar-refractivity contribution in [1.29, 1.82) is 0 Å². The summed E-state index contributed by atoms with van der Waals surface area (Å²) in [7, 11) is 0. The summed E-state index contributed by atoms with van der Waals surface area (Å²) >= 11 is 0. The summed E-state index contributed by atoms with van der Waals surface area (Å²) in [6.45, 7) is 11.5. The molecule has 1 N–H and O–H groups in total. The van der Waals surface area contributed by atoms with E-state index in [1.54, 1.807) is 0 Å². The van der Waals surface area contributed by atoms with Gasteiger partial charge in [0, 0.05) is 51.1 Å². The summed E-state index contributed by atoms with van der Waals surface area (Å²) in [6.07, 6.45) is 2.60. The molecule has 1 aliphatic heterocycles. The van der Waals surface area contributed by atoms with Gasteiger partial charge in [-0.1, -0.05) is 13.8 Å². The maximum absolute atomic E-state index is 12.3. The van der Waals surface area contributed by atoms with Gasteiger partial charge < -0.3 is 15.1 Å². The van der Waals surface area contributed by atoms with Crippen LogP contribution in [0.3, 0.4) is 0 Å². The van der Waals surface area contributed by atoms with Crippen LogP contribution in [0.5, 0.6) is 0 Å². The van der Waals surface area contributed by atoms with Crippen molar-refractivity contribution in [2.75, 3.05) is 26.2 Å². The fourth-order valence-corrected chi connectivity index (χ4v) is 2.83. The van der Waals surface area contributed by atoms with Gasteiger partial charge in [0.25, 0.3) is 0 Å². The van der Waals surface area contributed by atoms with Crippen LogP contribution in [-0.4, -0.2) is 59.9 Å². The highest BCUT2D eigenvalue weighted by atomic mass is 35.5. The lowest BCUT2D eigenvalue weighted by molar-refractivity contribution is -0.139. The molecule has 2 unspecified atom stereocenters. The van der Waals surface area contributed by atoms with Crippen LogP contribution in [-0.2, 0) is 9.59 Å². The molecule has 1 rings (SSSR count). The maximum atomic E-state index is 12.3. The fourth-order valence-electron chi connectivity index (χ4n) is 2.83. The van der Waals surface area contributed by atoms with Crippen LogP contribution in [0.1, 0.15) is 53.4 Å². The monoisotopic (exact) mass is 333 g/mol. The van der Waals surface area contributed by atoms with Gasteiger partial charge in [-0.3, -0.25) is 9.59 Å². The first-order valence-corrected chi connectivity index (χ1v) is 8.31. The Morgan fingerprint density at radius 1 is 1.14 bits per heavy atom. The first-order chi connectivity index (χ1) is 10.0. The van der Waals surface area contributed by atoms with Gasteiger partial charge in [0.1, 0.15) is 0 Å². The third-order valence-corrected chi connectivity index (χ3v) is 4.25.